The largest absolute Gasteiger partial charge is 0.445 e. The van der Waals surface area contributed by atoms with Crippen LogP contribution in [0.5, 0.6) is 0 Å². The summed E-state index contributed by atoms with van der Waals surface area (Å²) in [5.74, 6) is 0. The quantitative estimate of drug-likeness (QED) is 0.771. The van der Waals surface area contributed by atoms with Gasteiger partial charge in [-0.2, -0.15) is 0 Å². The van der Waals surface area contributed by atoms with E-state index in [9.17, 15) is 4.79 Å². The Bertz CT molecular complexity index is 241. The number of amides is 1. The third-order valence-corrected chi connectivity index (χ3v) is 3.76. The summed E-state index contributed by atoms with van der Waals surface area (Å²) < 4.78 is 5.49. The molecule has 92 valence electrons. The van der Waals surface area contributed by atoms with E-state index in [0.29, 0.717) is 12.1 Å². The maximum absolute atomic E-state index is 11.6. The van der Waals surface area contributed by atoms with Crippen molar-refractivity contribution in [1.82, 2.24) is 10.6 Å². The van der Waals surface area contributed by atoms with E-state index in [1.807, 2.05) is 7.05 Å². The molecule has 4 heteroatoms. The lowest BCUT2D eigenvalue weighted by atomic mass is 9.92. The molecule has 2 fully saturated rings. The summed E-state index contributed by atoms with van der Waals surface area (Å²) in [6.07, 6.45) is 7.77. The van der Waals surface area contributed by atoms with Crippen LogP contribution >= 0.6 is 0 Å². The standard InChI is InChI=1S/C12H22N2O2/c1-13-10-7-2-3-8-11(10)16-12(15)14-9-5-4-6-9/h9-11,13H,2-8H2,1H3,(H,14,15). The molecule has 0 bridgehead atoms. The molecule has 0 saturated heterocycles. The van der Waals surface area contributed by atoms with E-state index in [1.165, 1.54) is 19.3 Å². The third kappa shape index (κ3) is 2.88. The second-order valence-corrected chi connectivity index (χ2v) is 4.90. The molecule has 2 unspecified atom stereocenters. The van der Waals surface area contributed by atoms with Gasteiger partial charge in [0.2, 0.25) is 0 Å². The number of rotatable bonds is 3. The van der Waals surface area contributed by atoms with Crippen molar-refractivity contribution in [2.24, 2.45) is 0 Å². The lowest BCUT2D eigenvalue weighted by molar-refractivity contribution is 0.0503. The van der Waals surface area contributed by atoms with Gasteiger partial charge in [-0.3, -0.25) is 0 Å². The maximum Gasteiger partial charge on any atom is 0.407 e. The average Bonchev–Trinajstić information content (AvgIpc) is 2.24. The summed E-state index contributed by atoms with van der Waals surface area (Å²) in [7, 11) is 1.94. The van der Waals surface area contributed by atoms with Crippen molar-refractivity contribution in [1.29, 1.82) is 0 Å². The van der Waals surface area contributed by atoms with Crippen LogP contribution in [0.15, 0.2) is 0 Å². The van der Waals surface area contributed by atoms with Gasteiger partial charge in [0.05, 0.1) is 0 Å². The number of carbonyl (C=O) groups is 1. The minimum atomic E-state index is -0.225. The van der Waals surface area contributed by atoms with Crippen molar-refractivity contribution >= 4 is 6.09 Å². The van der Waals surface area contributed by atoms with Gasteiger partial charge in [-0.15, -0.1) is 0 Å². The van der Waals surface area contributed by atoms with Crippen LogP contribution in [0.4, 0.5) is 4.79 Å². The molecule has 0 aromatic heterocycles. The summed E-state index contributed by atoms with van der Waals surface area (Å²) in [4.78, 5) is 11.6. The van der Waals surface area contributed by atoms with Gasteiger partial charge in [-0.25, -0.2) is 4.79 Å². The van der Waals surface area contributed by atoms with E-state index in [0.717, 1.165) is 25.7 Å². The van der Waals surface area contributed by atoms with Gasteiger partial charge in [-0.05, 0) is 45.6 Å². The molecule has 0 heterocycles. The van der Waals surface area contributed by atoms with Gasteiger partial charge in [-0.1, -0.05) is 6.42 Å². The zero-order valence-corrected chi connectivity index (χ0v) is 10.00. The highest BCUT2D eigenvalue weighted by Gasteiger charge is 2.28. The van der Waals surface area contributed by atoms with E-state index in [1.54, 1.807) is 0 Å². The summed E-state index contributed by atoms with van der Waals surface area (Å²) >= 11 is 0. The van der Waals surface area contributed by atoms with Crippen molar-refractivity contribution in [3.8, 4) is 0 Å². The fourth-order valence-corrected chi connectivity index (χ4v) is 2.46. The molecular weight excluding hydrogens is 204 g/mol. The second-order valence-electron chi connectivity index (χ2n) is 4.90. The minimum Gasteiger partial charge on any atom is -0.445 e. The van der Waals surface area contributed by atoms with Crippen LogP contribution in [-0.2, 0) is 4.74 Å². The topological polar surface area (TPSA) is 50.4 Å². The van der Waals surface area contributed by atoms with Gasteiger partial charge in [0.15, 0.2) is 0 Å². The summed E-state index contributed by atoms with van der Waals surface area (Å²) in [5, 5.41) is 6.16. The van der Waals surface area contributed by atoms with Gasteiger partial charge < -0.3 is 15.4 Å². The number of carbonyl (C=O) groups excluding carboxylic acids is 1. The molecule has 4 nitrogen and oxygen atoms in total. The highest BCUT2D eigenvalue weighted by Crippen LogP contribution is 2.22. The molecule has 0 radical (unpaired) electrons. The smallest absolute Gasteiger partial charge is 0.407 e. The number of likely N-dealkylation sites (N-methyl/N-ethyl adjacent to an activating group) is 1. The van der Waals surface area contributed by atoms with Crippen molar-refractivity contribution in [3.63, 3.8) is 0 Å². The van der Waals surface area contributed by atoms with Crippen molar-refractivity contribution in [2.75, 3.05) is 7.05 Å². The van der Waals surface area contributed by atoms with E-state index in [4.69, 9.17) is 4.74 Å². The zero-order valence-electron chi connectivity index (χ0n) is 10.00. The van der Waals surface area contributed by atoms with E-state index in [2.05, 4.69) is 10.6 Å². The Hall–Kier alpha value is -0.770. The highest BCUT2D eigenvalue weighted by molar-refractivity contribution is 5.68. The Labute approximate surface area is 97.1 Å². The Morgan fingerprint density at radius 3 is 2.50 bits per heavy atom. The van der Waals surface area contributed by atoms with Crippen LogP contribution in [0.1, 0.15) is 44.9 Å². The van der Waals surface area contributed by atoms with Gasteiger partial charge in [0.1, 0.15) is 6.10 Å². The number of alkyl carbamates (subject to hydrolysis) is 1. The number of nitrogens with one attached hydrogen (secondary N) is 2. The fourth-order valence-electron chi connectivity index (χ4n) is 2.46. The summed E-state index contributed by atoms with van der Waals surface area (Å²) in [5.41, 5.74) is 0. The predicted molar refractivity (Wildman–Crippen MR) is 62.4 cm³/mol. The molecule has 2 saturated carbocycles. The Morgan fingerprint density at radius 2 is 1.88 bits per heavy atom. The number of hydrogen-bond acceptors (Lipinski definition) is 3. The molecule has 0 aliphatic heterocycles. The van der Waals surface area contributed by atoms with Gasteiger partial charge in [0.25, 0.3) is 0 Å². The monoisotopic (exact) mass is 226 g/mol. The van der Waals surface area contributed by atoms with Crippen LogP contribution in [0.2, 0.25) is 0 Å². The first-order chi connectivity index (χ1) is 7.79. The second kappa shape index (κ2) is 5.53. The number of hydrogen-bond donors (Lipinski definition) is 2. The first kappa shape index (κ1) is 11.7. The Balaban J connectivity index is 1.75. The molecule has 2 atom stereocenters. The molecule has 2 N–H and O–H groups in total. The average molecular weight is 226 g/mol. The predicted octanol–water partition coefficient (Wildman–Crippen LogP) is 1.80. The van der Waals surface area contributed by atoms with Gasteiger partial charge in [0, 0.05) is 12.1 Å². The van der Waals surface area contributed by atoms with Crippen LogP contribution in [-0.4, -0.2) is 31.3 Å². The van der Waals surface area contributed by atoms with E-state index < -0.39 is 0 Å². The molecule has 16 heavy (non-hydrogen) atoms. The minimum absolute atomic E-state index is 0.0545. The molecule has 2 aliphatic rings. The van der Waals surface area contributed by atoms with Crippen molar-refractivity contribution in [2.45, 2.75) is 63.1 Å². The van der Waals surface area contributed by atoms with Gasteiger partial charge >= 0.3 is 6.09 Å². The van der Waals surface area contributed by atoms with E-state index >= 15 is 0 Å². The normalized spacial score (nSPS) is 30.6. The third-order valence-electron chi connectivity index (χ3n) is 3.76. The fraction of sp³-hybridized carbons (Fsp3) is 0.917. The zero-order chi connectivity index (χ0) is 11.4. The van der Waals surface area contributed by atoms with Crippen LogP contribution in [0, 0.1) is 0 Å². The lowest BCUT2D eigenvalue weighted by Crippen LogP contribution is -2.47. The highest BCUT2D eigenvalue weighted by atomic mass is 16.6. The van der Waals surface area contributed by atoms with Crippen LogP contribution in [0.25, 0.3) is 0 Å². The summed E-state index contributed by atoms with van der Waals surface area (Å²) in [6.45, 7) is 0. The molecule has 2 aliphatic carbocycles. The summed E-state index contributed by atoms with van der Waals surface area (Å²) in [6, 6.07) is 0.699. The molecular formula is C12H22N2O2. The van der Waals surface area contributed by atoms with Crippen molar-refractivity contribution < 1.29 is 9.53 Å². The first-order valence-electron chi connectivity index (χ1n) is 6.44. The Morgan fingerprint density at radius 1 is 1.12 bits per heavy atom. The van der Waals surface area contributed by atoms with Crippen molar-refractivity contribution in [3.05, 3.63) is 0 Å². The SMILES string of the molecule is CNC1CCCCC1OC(=O)NC1CCC1. The van der Waals surface area contributed by atoms with E-state index in [-0.39, 0.29) is 12.2 Å². The molecule has 0 aromatic rings. The molecule has 0 spiro atoms. The molecule has 0 aromatic carbocycles. The van der Waals surface area contributed by atoms with Crippen LogP contribution in [0.3, 0.4) is 0 Å². The Kier molecular flexibility index (Phi) is 4.04. The molecule has 1 amide bonds. The van der Waals surface area contributed by atoms with Crippen LogP contribution < -0.4 is 10.6 Å². The molecule has 2 rings (SSSR count). The first-order valence-corrected chi connectivity index (χ1v) is 6.44. The lowest BCUT2D eigenvalue weighted by Gasteiger charge is -2.32. The number of ether oxygens (including phenoxy) is 1. The maximum atomic E-state index is 11.6.